The Bertz CT molecular complexity index is 1250. The summed E-state index contributed by atoms with van der Waals surface area (Å²) in [4.78, 5) is 24.0. The molecule has 0 fully saturated rings. The van der Waals surface area contributed by atoms with Crippen molar-refractivity contribution < 1.29 is 28.5 Å². The molecule has 0 aromatic heterocycles. The quantitative estimate of drug-likeness (QED) is 0.403. The van der Waals surface area contributed by atoms with E-state index in [1.165, 1.54) is 14.2 Å². The van der Waals surface area contributed by atoms with E-state index in [0.717, 1.165) is 32.7 Å². The first-order valence-electron chi connectivity index (χ1n) is 9.91. The number of benzene rings is 4. The van der Waals surface area contributed by atoms with Gasteiger partial charge in [-0.1, -0.05) is 24.3 Å². The van der Waals surface area contributed by atoms with Crippen LogP contribution in [0.1, 0.15) is 20.7 Å². The van der Waals surface area contributed by atoms with E-state index in [9.17, 15) is 9.59 Å². The van der Waals surface area contributed by atoms with Crippen LogP contribution < -0.4 is 9.47 Å². The topological polar surface area (TPSA) is 71.1 Å². The van der Waals surface area contributed by atoms with Gasteiger partial charge in [0.2, 0.25) is 0 Å². The van der Waals surface area contributed by atoms with Gasteiger partial charge in [0.15, 0.2) is 0 Å². The second-order valence-corrected chi connectivity index (χ2v) is 7.14. The lowest BCUT2D eigenvalue weighted by molar-refractivity contribution is 0.0592. The lowest BCUT2D eigenvalue weighted by Gasteiger charge is -2.18. The zero-order valence-electron chi connectivity index (χ0n) is 18.2. The maximum atomic E-state index is 12.0. The van der Waals surface area contributed by atoms with Crippen LogP contribution in [-0.4, -0.2) is 40.4 Å². The van der Waals surface area contributed by atoms with Gasteiger partial charge < -0.3 is 18.9 Å². The van der Waals surface area contributed by atoms with Crippen LogP contribution in [0.5, 0.6) is 11.5 Å². The molecular weight excluding hydrogens is 408 g/mol. The van der Waals surface area contributed by atoms with Crippen molar-refractivity contribution in [2.45, 2.75) is 0 Å². The van der Waals surface area contributed by atoms with E-state index in [1.807, 2.05) is 36.4 Å². The molecule has 0 aliphatic rings. The summed E-state index contributed by atoms with van der Waals surface area (Å²) >= 11 is 0. The van der Waals surface area contributed by atoms with Crippen molar-refractivity contribution in [3.63, 3.8) is 0 Å². The molecule has 6 heteroatoms. The number of hydrogen-bond donors (Lipinski definition) is 0. The number of ether oxygens (including phenoxy) is 4. The van der Waals surface area contributed by atoms with Gasteiger partial charge in [0.1, 0.15) is 11.5 Å². The van der Waals surface area contributed by atoms with Crippen LogP contribution in [0.15, 0.2) is 60.7 Å². The average Bonchev–Trinajstić information content (AvgIpc) is 2.85. The predicted octanol–water partition coefficient (Wildman–Crippen LogP) is 5.25. The summed E-state index contributed by atoms with van der Waals surface area (Å²) in [6.45, 7) is 0. The number of rotatable bonds is 5. The average molecular weight is 430 g/mol. The van der Waals surface area contributed by atoms with E-state index in [0.29, 0.717) is 22.6 Å². The first-order valence-corrected chi connectivity index (χ1v) is 9.91. The molecule has 0 saturated heterocycles. The molecule has 0 radical (unpaired) electrons. The Labute approximate surface area is 185 Å². The molecule has 32 heavy (non-hydrogen) atoms. The van der Waals surface area contributed by atoms with Crippen LogP contribution >= 0.6 is 0 Å². The van der Waals surface area contributed by atoms with Gasteiger partial charge in [-0.3, -0.25) is 0 Å². The Hall–Kier alpha value is -4.06. The van der Waals surface area contributed by atoms with E-state index in [2.05, 4.69) is 0 Å². The van der Waals surface area contributed by atoms with Crippen LogP contribution in [0.4, 0.5) is 0 Å². The molecule has 0 unspecified atom stereocenters. The minimum atomic E-state index is -0.401. The minimum absolute atomic E-state index is 0.401. The largest absolute Gasteiger partial charge is 0.496 e. The lowest BCUT2D eigenvalue weighted by atomic mass is 9.91. The SMILES string of the molecule is COC(=O)c1ccc2c(-c3c(OC)ccc4cc(C(=O)OC)ccc34)c(OC)ccc2c1. The normalized spacial score (nSPS) is 10.8. The highest BCUT2D eigenvalue weighted by Crippen LogP contribution is 2.45. The number of carbonyl (C=O) groups excluding carboxylic acids is 2. The maximum Gasteiger partial charge on any atom is 0.337 e. The van der Waals surface area contributed by atoms with Crippen LogP contribution in [0.2, 0.25) is 0 Å². The Morgan fingerprint density at radius 2 is 0.969 bits per heavy atom. The number of fused-ring (bicyclic) bond motifs is 2. The Kier molecular flexibility index (Phi) is 5.69. The van der Waals surface area contributed by atoms with E-state index in [4.69, 9.17) is 18.9 Å². The Morgan fingerprint density at radius 3 is 1.31 bits per heavy atom. The van der Waals surface area contributed by atoms with Crippen molar-refractivity contribution in [1.29, 1.82) is 0 Å². The molecule has 0 amide bonds. The maximum absolute atomic E-state index is 12.0. The Morgan fingerprint density at radius 1 is 0.562 bits per heavy atom. The molecular formula is C26H22O6. The second-order valence-electron chi connectivity index (χ2n) is 7.14. The summed E-state index contributed by atoms with van der Waals surface area (Å²) in [5, 5.41) is 3.49. The highest BCUT2D eigenvalue weighted by Gasteiger charge is 2.20. The molecule has 0 atom stereocenters. The smallest absolute Gasteiger partial charge is 0.337 e. The first kappa shape index (κ1) is 21.2. The minimum Gasteiger partial charge on any atom is -0.496 e. The molecule has 4 aromatic carbocycles. The monoisotopic (exact) mass is 430 g/mol. The number of esters is 2. The van der Waals surface area contributed by atoms with E-state index in [-0.39, 0.29) is 0 Å². The highest BCUT2D eigenvalue weighted by molar-refractivity contribution is 6.11. The van der Waals surface area contributed by atoms with Crippen LogP contribution in [0.3, 0.4) is 0 Å². The molecule has 6 nitrogen and oxygen atoms in total. The second kappa shape index (κ2) is 8.59. The third-order valence-electron chi connectivity index (χ3n) is 5.50. The molecule has 162 valence electrons. The number of hydrogen-bond acceptors (Lipinski definition) is 6. The van der Waals surface area contributed by atoms with Gasteiger partial charge in [-0.25, -0.2) is 9.59 Å². The summed E-state index contributed by atoms with van der Waals surface area (Å²) in [6, 6.07) is 18.3. The number of carbonyl (C=O) groups is 2. The first-order chi connectivity index (χ1) is 15.5. The molecule has 0 heterocycles. The molecule has 0 spiro atoms. The fraction of sp³-hybridized carbons (Fsp3) is 0.154. The van der Waals surface area contributed by atoms with Crippen molar-refractivity contribution in [1.82, 2.24) is 0 Å². The van der Waals surface area contributed by atoms with Gasteiger partial charge in [-0.15, -0.1) is 0 Å². The van der Waals surface area contributed by atoms with Crippen molar-refractivity contribution in [3.05, 3.63) is 71.8 Å². The van der Waals surface area contributed by atoms with Crippen LogP contribution in [0.25, 0.3) is 32.7 Å². The highest BCUT2D eigenvalue weighted by atomic mass is 16.5. The molecule has 0 N–H and O–H groups in total. The zero-order chi connectivity index (χ0) is 22.8. The van der Waals surface area contributed by atoms with Crippen LogP contribution in [0, 0.1) is 0 Å². The molecule has 0 bridgehead atoms. The summed E-state index contributed by atoms with van der Waals surface area (Å²) in [5.41, 5.74) is 2.58. The fourth-order valence-corrected chi connectivity index (χ4v) is 3.97. The van der Waals surface area contributed by atoms with Crippen molar-refractivity contribution in [2.75, 3.05) is 28.4 Å². The van der Waals surface area contributed by atoms with E-state index >= 15 is 0 Å². The molecule has 0 aliphatic heterocycles. The van der Waals surface area contributed by atoms with Crippen molar-refractivity contribution in [3.8, 4) is 22.6 Å². The Balaban J connectivity index is 2.06. The fourth-order valence-electron chi connectivity index (χ4n) is 3.97. The summed E-state index contributed by atoms with van der Waals surface area (Å²) < 4.78 is 21.1. The van der Waals surface area contributed by atoms with Gasteiger partial charge in [-0.2, -0.15) is 0 Å². The molecule has 0 aliphatic carbocycles. The van der Waals surface area contributed by atoms with Crippen molar-refractivity contribution in [2.24, 2.45) is 0 Å². The zero-order valence-corrected chi connectivity index (χ0v) is 18.2. The summed E-state index contributed by atoms with van der Waals surface area (Å²) in [5.74, 6) is 0.516. The number of methoxy groups -OCH3 is 4. The van der Waals surface area contributed by atoms with E-state index in [1.54, 1.807) is 38.5 Å². The predicted molar refractivity (Wildman–Crippen MR) is 123 cm³/mol. The standard InChI is InChI=1S/C26H22O6/c1-29-21-11-7-15-13-17(25(27)31-3)5-9-19(15)23(21)24-20-10-6-18(26(28)32-4)14-16(20)8-12-22(24)30-2/h5-14H,1-4H3. The molecule has 4 rings (SSSR count). The summed E-state index contributed by atoms with van der Waals surface area (Å²) in [6.07, 6.45) is 0. The summed E-state index contributed by atoms with van der Waals surface area (Å²) in [7, 11) is 5.94. The lowest BCUT2D eigenvalue weighted by Crippen LogP contribution is -2.02. The third kappa shape index (κ3) is 3.50. The van der Waals surface area contributed by atoms with Crippen LogP contribution in [-0.2, 0) is 9.47 Å². The van der Waals surface area contributed by atoms with E-state index < -0.39 is 11.9 Å². The molecule has 0 saturated carbocycles. The van der Waals surface area contributed by atoms with Gasteiger partial charge in [0.05, 0.1) is 39.6 Å². The third-order valence-corrected chi connectivity index (χ3v) is 5.50. The van der Waals surface area contributed by atoms with Crippen molar-refractivity contribution >= 4 is 33.5 Å². The van der Waals surface area contributed by atoms with Gasteiger partial charge >= 0.3 is 11.9 Å². The molecule has 4 aromatic rings. The van der Waals surface area contributed by atoms with Gasteiger partial charge in [0.25, 0.3) is 0 Å². The van der Waals surface area contributed by atoms with Gasteiger partial charge in [0, 0.05) is 11.1 Å². The van der Waals surface area contributed by atoms with Gasteiger partial charge in [-0.05, 0) is 57.9 Å².